The molecule has 2 aromatic carbocycles. The molecule has 0 aromatic heterocycles. The maximum absolute atomic E-state index is 11.9. The number of amides is 2. The van der Waals surface area contributed by atoms with Crippen molar-refractivity contribution in [3.05, 3.63) is 71.1 Å². The van der Waals surface area contributed by atoms with Crippen molar-refractivity contribution in [3.8, 4) is 0 Å². The average Bonchev–Trinajstić information content (AvgIpc) is 2.61. The van der Waals surface area contributed by atoms with Gasteiger partial charge in [0.15, 0.2) is 0 Å². The van der Waals surface area contributed by atoms with Gasteiger partial charge in [-0.25, -0.2) is 13.1 Å². The molecule has 0 spiro atoms. The molecular formula is C18H19N3O4S. The Morgan fingerprint density at radius 1 is 1.00 bits per heavy atom. The fraction of sp³-hybridized carbons (Fsp3) is 0.111. The summed E-state index contributed by atoms with van der Waals surface area (Å²) in [6, 6.07) is 15.1. The van der Waals surface area contributed by atoms with E-state index in [1.807, 2.05) is 6.07 Å². The lowest BCUT2D eigenvalue weighted by Gasteiger charge is -2.06. The number of carbonyl (C=O) groups is 2. The second-order valence-corrected chi connectivity index (χ2v) is 7.04. The Labute approximate surface area is 152 Å². The van der Waals surface area contributed by atoms with Crippen molar-refractivity contribution < 1.29 is 18.0 Å². The first-order chi connectivity index (χ1) is 12.4. The van der Waals surface area contributed by atoms with Crippen molar-refractivity contribution in [3.63, 3.8) is 0 Å². The highest BCUT2D eigenvalue weighted by Gasteiger charge is 2.08. The molecule has 0 atom stereocenters. The molecule has 136 valence electrons. The number of sulfonamides is 1. The lowest BCUT2D eigenvalue weighted by molar-refractivity contribution is -0.116. The molecule has 0 saturated carbocycles. The van der Waals surface area contributed by atoms with Gasteiger partial charge in [0.25, 0.3) is 0 Å². The van der Waals surface area contributed by atoms with Crippen LogP contribution in [0.3, 0.4) is 0 Å². The lowest BCUT2D eigenvalue weighted by Crippen LogP contribution is -2.26. The Bertz CT molecular complexity index is 892. The summed E-state index contributed by atoms with van der Waals surface area (Å²) in [6.45, 7) is -0.0351. The molecule has 2 aromatic rings. The number of anilines is 1. The zero-order valence-electron chi connectivity index (χ0n) is 13.9. The van der Waals surface area contributed by atoms with Crippen LogP contribution in [-0.2, 0) is 14.8 Å². The predicted octanol–water partition coefficient (Wildman–Crippen LogP) is 1.70. The number of carbonyl (C=O) groups excluding carboxylic acids is 2. The van der Waals surface area contributed by atoms with Gasteiger partial charge in [-0.2, -0.15) is 0 Å². The molecule has 0 saturated heterocycles. The summed E-state index contributed by atoms with van der Waals surface area (Å²) in [5.74, 6) is -0.910. The minimum Gasteiger partial charge on any atom is -0.366 e. The lowest BCUT2D eigenvalue weighted by atomic mass is 10.2. The molecule has 0 heterocycles. The second-order valence-electron chi connectivity index (χ2n) is 5.39. The van der Waals surface area contributed by atoms with Crippen LogP contribution in [0.1, 0.15) is 22.3 Å². The van der Waals surface area contributed by atoms with E-state index in [1.54, 1.807) is 36.4 Å². The molecule has 7 nitrogen and oxygen atoms in total. The van der Waals surface area contributed by atoms with E-state index in [-0.39, 0.29) is 18.9 Å². The van der Waals surface area contributed by atoms with Crippen molar-refractivity contribution >= 4 is 33.6 Å². The van der Waals surface area contributed by atoms with Gasteiger partial charge in [-0.3, -0.25) is 9.59 Å². The van der Waals surface area contributed by atoms with Gasteiger partial charge in [0.05, 0.1) is 0 Å². The van der Waals surface area contributed by atoms with E-state index in [0.29, 0.717) is 11.3 Å². The highest BCUT2D eigenvalue weighted by atomic mass is 32.2. The monoisotopic (exact) mass is 373 g/mol. The molecule has 0 radical (unpaired) electrons. The zero-order valence-corrected chi connectivity index (χ0v) is 14.7. The fourth-order valence-corrected chi connectivity index (χ4v) is 2.85. The Balaban J connectivity index is 1.80. The molecule has 8 heteroatoms. The van der Waals surface area contributed by atoms with Crippen molar-refractivity contribution in [2.75, 3.05) is 11.9 Å². The molecule has 0 unspecified atom stereocenters. The third-order valence-electron chi connectivity index (χ3n) is 3.35. The quantitative estimate of drug-likeness (QED) is 0.652. The number of hydrogen-bond donors (Lipinski definition) is 3. The maximum atomic E-state index is 11.9. The maximum Gasteiger partial charge on any atom is 0.248 e. The molecule has 0 aliphatic heterocycles. The molecule has 4 N–H and O–H groups in total. The Morgan fingerprint density at radius 2 is 1.65 bits per heavy atom. The predicted molar refractivity (Wildman–Crippen MR) is 101 cm³/mol. The van der Waals surface area contributed by atoms with Crippen LogP contribution < -0.4 is 15.8 Å². The van der Waals surface area contributed by atoms with Crippen LogP contribution in [0.2, 0.25) is 0 Å². The normalized spacial score (nSPS) is 11.4. The molecule has 2 amide bonds. The first kappa shape index (κ1) is 19.4. The van der Waals surface area contributed by atoms with Gasteiger partial charge >= 0.3 is 0 Å². The van der Waals surface area contributed by atoms with Crippen molar-refractivity contribution in [2.45, 2.75) is 6.42 Å². The van der Waals surface area contributed by atoms with Gasteiger partial charge in [0.2, 0.25) is 21.8 Å². The van der Waals surface area contributed by atoms with E-state index in [1.165, 1.54) is 18.2 Å². The first-order valence-electron chi connectivity index (χ1n) is 7.78. The smallest absolute Gasteiger partial charge is 0.248 e. The van der Waals surface area contributed by atoms with Gasteiger partial charge in [-0.1, -0.05) is 30.3 Å². The highest BCUT2D eigenvalue weighted by Crippen LogP contribution is 2.09. The summed E-state index contributed by atoms with van der Waals surface area (Å²) in [5, 5.41) is 3.67. The number of nitrogens with two attached hydrogens (primary N) is 1. The van der Waals surface area contributed by atoms with Crippen LogP contribution in [0.4, 0.5) is 5.69 Å². The summed E-state index contributed by atoms with van der Waals surface area (Å²) < 4.78 is 26.1. The van der Waals surface area contributed by atoms with Crippen molar-refractivity contribution in [2.24, 2.45) is 5.73 Å². The van der Waals surface area contributed by atoms with Crippen LogP contribution >= 0.6 is 0 Å². The van der Waals surface area contributed by atoms with Crippen LogP contribution in [0.25, 0.3) is 6.08 Å². The summed E-state index contributed by atoms with van der Waals surface area (Å²) >= 11 is 0. The first-order valence-corrected chi connectivity index (χ1v) is 9.33. The Morgan fingerprint density at radius 3 is 2.27 bits per heavy atom. The molecule has 0 bridgehead atoms. The molecule has 0 fully saturated rings. The number of primary amides is 1. The Kier molecular flexibility index (Phi) is 6.65. The van der Waals surface area contributed by atoms with E-state index in [0.717, 1.165) is 11.0 Å². The minimum atomic E-state index is -3.63. The van der Waals surface area contributed by atoms with Gasteiger partial charge in [-0.15, -0.1) is 0 Å². The minimum absolute atomic E-state index is 0.0318. The molecular weight excluding hydrogens is 354 g/mol. The Hall–Kier alpha value is -2.97. The van der Waals surface area contributed by atoms with E-state index in [4.69, 9.17) is 5.73 Å². The van der Waals surface area contributed by atoms with Crippen LogP contribution in [0.5, 0.6) is 0 Å². The summed E-state index contributed by atoms with van der Waals surface area (Å²) in [6.07, 6.45) is 1.44. The fourth-order valence-electron chi connectivity index (χ4n) is 2.03. The van der Waals surface area contributed by atoms with Crippen molar-refractivity contribution in [1.29, 1.82) is 0 Å². The average molecular weight is 373 g/mol. The van der Waals surface area contributed by atoms with Crippen molar-refractivity contribution in [1.82, 2.24) is 4.72 Å². The molecule has 2 rings (SSSR count). The van der Waals surface area contributed by atoms with Crippen LogP contribution in [0, 0.1) is 0 Å². The molecule has 0 aliphatic carbocycles. The third kappa shape index (κ3) is 6.50. The number of hydrogen-bond acceptors (Lipinski definition) is 4. The number of benzene rings is 2. The largest absolute Gasteiger partial charge is 0.366 e. The summed E-state index contributed by atoms with van der Waals surface area (Å²) in [5.41, 5.74) is 6.72. The van der Waals surface area contributed by atoms with Gasteiger partial charge in [0, 0.05) is 29.6 Å². The second kappa shape index (κ2) is 8.93. The highest BCUT2D eigenvalue weighted by molar-refractivity contribution is 7.92. The van der Waals surface area contributed by atoms with Gasteiger partial charge in [-0.05, 0) is 35.9 Å². The van der Waals surface area contributed by atoms with E-state index in [9.17, 15) is 18.0 Å². The summed E-state index contributed by atoms with van der Waals surface area (Å²) in [7, 11) is -3.63. The topological polar surface area (TPSA) is 118 Å². The third-order valence-corrected chi connectivity index (χ3v) is 4.45. The van der Waals surface area contributed by atoms with E-state index in [2.05, 4.69) is 10.0 Å². The number of nitrogens with one attached hydrogen (secondary N) is 2. The van der Waals surface area contributed by atoms with E-state index >= 15 is 0 Å². The summed E-state index contributed by atoms with van der Waals surface area (Å²) in [4.78, 5) is 22.8. The molecule has 0 aliphatic rings. The van der Waals surface area contributed by atoms with Crippen LogP contribution in [-0.4, -0.2) is 26.8 Å². The van der Waals surface area contributed by atoms with Crippen LogP contribution in [0.15, 0.2) is 60.0 Å². The van der Waals surface area contributed by atoms with Gasteiger partial charge in [0.1, 0.15) is 0 Å². The standard InChI is InChI=1S/C18H19N3O4S/c19-18(23)15-6-8-16(9-7-15)21-17(22)10-12-20-26(24,25)13-11-14-4-2-1-3-5-14/h1-9,11,13,20H,10,12H2,(H2,19,23)(H,21,22)/b13-11+. The van der Waals surface area contributed by atoms with Gasteiger partial charge < -0.3 is 11.1 Å². The van der Waals surface area contributed by atoms with E-state index < -0.39 is 15.9 Å². The molecule has 26 heavy (non-hydrogen) atoms. The number of rotatable bonds is 8. The SMILES string of the molecule is NC(=O)c1ccc(NC(=O)CCNS(=O)(=O)/C=C/c2ccccc2)cc1. The zero-order chi connectivity index (χ0) is 19.0.